The first-order valence-electron chi connectivity index (χ1n) is 2.43. The molecular formula is C5H9NO3. The molecule has 0 aromatic carbocycles. The van der Waals surface area contributed by atoms with Crippen LogP contribution < -0.4 is 0 Å². The van der Waals surface area contributed by atoms with Crippen molar-refractivity contribution in [2.45, 2.75) is 6.42 Å². The molecule has 0 saturated carbocycles. The highest BCUT2D eigenvalue weighted by atomic mass is 16.6. The molecule has 0 aromatic heterocycles. The maximum Gasteiger partial charge on any atom is 0.311 e. The first kappa shape index (κ1) is 7.94. The van der Waals surface area contributed by atoms with Crippen LogP contribution in [0.5, 0.6) is 0 Å². The number of carbonyl (C=O) groups excluding carboxylic acids is 1. The van der Waals surface area contributed by atoms with Gasteiger partial charge >= 0.3 is 5.97 Å². The molecule has 0 unspecified atom stereocenters. The summed E-state index contributed by atoms with van der Waals surface area (Å²) in [5, 5.41) is 3.33. The average molecular weight is 131 g/mol. The van der Waals surface area contributed by atoms with Crippen molar-refractivity contribution in [3.05, 3.63) is 0 Å². The highest BCUT2D eigenvalue weighted by molar-refractivity contribution is 5.85. The van der Waals surface area contributed by atoms with Crippen molar-refractivity contribution in [2.75, 3.05) is 14.2 Å². The summed E-state index contributed by atoms with van der Waals surface area (Å²) >= 11 is 0. The van der Waals surface area contributed by atoms with Gasteiger partial charge in [-0.05, 0) is 0 Å². The predicted molar refractivity (Wildman–Crippen MR) is 32.1 cm³/mol. The van der Waals surface area contributed by atoms with Crippen LogP contribution in [0, 0.1) is 0 Å². The summed E-state index contributed by atoms with van der Waals surface area (Å²) in [7, 11) is 2.73. The number of methoxy groups -OCH3 is 1. The maximum absolute atomic E-state index is 10.3. The standard InChI is InChI=1S/C5H9NO3/c1-8-5(7)3-4-6-9-2/h4H,3H2,1-2H3. The minimum absolute atomic E-state index is 0.157. The first-order chi connectivity index (χ1) is 4.31. The van der Waals surface area contributed by atoms with Gasteiger partial charge in [0, 0.05) is 0 Å². The Hall–Kier alpha value is -1.06. The van der Waals surface area contributed by atoms with Crippen LogP contribution >= 0.6 is 0 Å². The minimum atomic E-state index is -0.323. The van der Waals surface area contributed by atoms with E-state index in [0.29, 0.717) is 0 Å². The van der Waals surface area contributed by atoms with E-state index in [0.717, 1.165) is 0 Å². The van der Waals surface area contributed by atoms with E-state index >= 15 is 0 Å². The monoisotopic (exact) mass is 131 g/mol. The molecule has 0 atom stereocenters. The van der Waals surface area contributed by atoms with Crippen LogP contribution in [0.4, 0.5) is 0 Å². The SMILES string of the molecule is CON=CCC(=O)OC. The highest BCUT2D eigenvalue weighted by Gasteiger charge is 1.93. The molecule has 4 heteroatoms. The van der Waals surface area contributed by atoms with E-state index in [9.17, 15) is 4.79 Å². The summed E-state index contributed by atoms with van der Waals surface area (Å²) in [6.45, 7) is 0. The lowest BCUT2D eigenvalue weighted by Crippen LogP contribution is -1.99. The molecule has 0 aliphatic rings. The summed E-state index contributed by atoms with van der Waals surface area (Å²) in [4.78, 5) is 14.6. The van der Waals surface area contributed by atoms with Gasteiger partial charge in [-0.15, -0.1) is 0 Å². The Balaban J connectivity index is 3.26. The van der Waals surface area contributed by atoms with Gasteiger partial charge in [-0.25, -0.2) is 0 Å². The largest absolute Gasteiger partial charge is 0.469 e. The van der Waals surface area contributed by atoms with Gasteiger partial charge in [0.25, 0.3) is 0 Å². The lowest BCUT2D eigenvalue weighted by Gasteiger charge is -1.90. The Labute approximate surface area is 53.4 Å². The Morgan fingerprint density at radius 2 is 2.33 bits per heavy atom. The van der Waals surface area contributed by atoms with E-state index in [2.05, 4.69) is 14.7 Å². The molecular weight excluding hydrogens is 122 g/mol. The average Bonchev–Trinajstić information content (AvgIpc) is 1.89. The molecule has 0 aromatic rings. The summed E-state index contributed by atoms with van der Waals surface area (Å²) in [6.07, 6.45) is 1.50. The minimum Gasteiger partial charge on any atom is -0.469 e. The smallest absolute Gasteiger partial charge is 0.311 e. The molecule has 0 heterocycles. The number of rotatable bonds is 3. The summed E-state index contributed by atoms with van der Waals surface area (Å²) < 4.78 is 4.31. The van der Waals surface area contributed by atoms with E-state index in [1.165, 1.54) is 20.4 Å². The van der Waals surface area contributed by atoms with Crippen molar-refractivity contribution in [3.8, 4) is 0 Å². The number of nitrogens with zero attached hydrogens (tertiary/aromatic N) is 1. The maximum atomic E-state index is 10.3. The van der Waals surface area contributed by atoms with E-state index in [-0.39, 0.29) is 12.4 Å². The summed E-state index contributed by atoms with van der Waals surface area (Å²) in [5.41, 5.74) is 0. The second kappa shape index (κ2) is 5.08. The van der Waals surface area contributed by atoms with Gasteiger partial charge < -0.3 is 9.57 Å². The molecule has 0 spiro atoms. The quantitative estimate of drug-likeness (QED) is 0.312. The lowest BCUT2D eigenvalue weighted by atomic mass is 10.5. The fourth-order valence-electron chi connectivity index (χ4n) is 0.270. The van der Waals surface area contributed by atoms with Crippen molar-refractivity contribution >= 4 is 12.2 Å². The van der Waals surface area contributed by atoms with Crippen LogP contribution in [0.2, 0.25) is 0 Å². The van der Waals surface area contributed by atoms with Crippen LogP contribution in [-0.4, -0.2) is 26.4 Å². The molecule has 0 rings (SSSR count). The van der Waals surface area contributed by atoms with Gasteiger partial charge in [0.1, 0.15) is 7.11 Å². The van der Waals surface area contributed by atoms with E-state index < -0.39 is 0 Å². The Morgan fingerprint density at radius 3 is 2.78 bits per heavy atom. The lowest BCUT2D eigenvalue weighted by molar-refractivity contribution is -0.139. The Bertz CT molecular complexity index is 111. The second-order valence-corrected chi connectivity index (χ2v) is 1.25. The predicted octanol–water partition coefficient (Wildman–Crippen LogP) is 0.182. The first-order valence-corrected chi connectivity index (χ1v) is 2.43. The van der Waals surface area contributed by atoms with Gasteiger partial charge in [-0.1, -0.05) is 5.16 Å². The van der Waals surface area contributed by atoms with Crippen molar-refractivity contribution < 1.29 is 14.4 Å². The number of ether oxygens (including phenoxy) is 1. The fraction of sp³-hybridized carbons (Fsp3) is 0.600. The molecule has 0 saturated heterocycles. The third kappa shape index (κ3) is 4.80. The molecule has 9 heavy (non-hydrogen) atoms. The molecule has 0 amide bonds. The number of hydrogen-bond donors (Lipinski definition) is 0. The van der Waals surface area contributed by atoms with Gasteiger partial charge in [0.2, 0.25) is 0 Å². The molecule has 0 N–H and O–H groups in total. The Kier molecular flexibility index (Phi) is 4.49. The zero-order valence-corrected chi connectivity index (χ0v) is 5.46. The van der Waals surface area contributed by atoms with Crippen LogP contribution in [0.1, 0.15) is 6.42 Å². The van der Waals surface area contributed by atoms with Gasteiger partial charge in [0.15, 0.2) is 0 Å². The van der Waals surface area contributed by atoms with Crippen LogP contribution in [0.15, 0.2) is 5.16 Å². The highest BCUT2D eigenvalue weighted by Crippen LogP contribution is 1.78. The second-order valence-electron chi connectivity index (χ2n) is 1.25. The van der Waals surface area contributed by atoms with Crippen LogP contribution in [-0.2, 0) is 14.4 Å². The molecule has 4 nitrogen and oxygen atoms in total. The molecule has 0 fully saturated rings. The van der Waals surface area contributed by atoms with Crippen LogP contribution in [0.3, 0.4) is 0 Å². The molecule has 0 radical (unpaired) electrons. The van der Waals surface area contributed by atoms with E-state index in [1.807, 2.05) is 0 Å². The normalized spacial score (nSPS) is 9.56. The van der Waals surface area contributed by atoms with Crippen molar-refractivity contribution in [1.82, 2.24) is 0 Å². The van der Waals surface area contributed by atoms with Crippen molar-refractivity contribution in [1.29, 1.82) is 0 Å². The number of esters is 1. The summed E-state index contributed by atoms with van der Waals surface area (Å²) in [6, 6.07) is 0. The summed E-state index contributed by atoms with van der Waals surface area (Å²) in [5.74, 6) is -0.323. The molecule has 52 valence electrons. The topological polar surface area (TPSA) is 47.9 Å². The van der Waals surface area contributed by atoms with Crippen molar-refractivity contribution in [2.24, 2.45) is 5.16 Å². The number of carbonyl (C=O) groups is 1. The fourth-order valence-corrected chi connectivity index (χ4v) is 0.270. The Morgan fingerprint density at radius 1 is 1.67 bits per heavy atom. The van der Waals surface area contributed by atoms with E-state index in [4.69, 9.17) is 0 Å². The zero-order valence-electron chi connectivity index (χ0n) is 5.46. The van der Waals surface area contributed by atoms with Gasteiger partial charge in [0.05, 0.1) is 19.7 Å². The third-order valence-electron chi connectivity index (χ3n) is 0.666. The van der Waals surface area contributed by atoms with Crippen molar-refractivity contribution in [3.63, 3.8) is 0 Å². The number of oxime groups is 1. The van der Waals surface area contributed by atoms with E-state index in [1.54, 1.807) is 0 Å². The molecule has 0 aliphatic heterocycles. The molecule has 0 aliphatic carbocycles. The van der Waals surface area contributed by atoms with Crippen LogP contribution in [0.25, 0.3) is 0 Å². The molecule has 0 bridgehead atoms. The van der Waals surface area contributed by atoms with Gasteiger partial charge in [-0.2, -0.15) is 0 Å². The van der Waals surface area contributed by atoms with Gasteiger partial charge in [-0.3, -0.25) is 4.79 Å². The number of hydrogen-bond acceptors (Lipinski definition) is 4. The zero-order chi connectivity index (χ0) is 7.11. The third-order valence-corrected chi connectivity index (χ3v) is 0.666.